The molecule has 0 aliphatic carbocycles. The summed E-state index contributed by atoms with van der Waals surface area (Å²) in [5.74, 6) is 0.587. The first-order valence-electron chi connectivity index (χ1n) is 5.71. The van der Waals surface area contributed by atoms with Crippen LogP contribution in [0.4, 0.5) is 0 Å². The highest BCUT2D eigenvalue weighted by atomic mass is 79.9. The molecule has 0 radical (unpaired) electrons. The van der Waals surface area contributed by atoms with E-state index < -0.39 is 0 Å². The van der Waals surface area contributed by atoms with Crippen molar-refractivity contribution in [1.29, 1.82) is 0 Å². The SMILES string of the molecule is CCC(CC)CNC(=O)c1cccc(Br)c1. The average Bonchev–Trinajstić information content (AvgIpc) is 2.30. The molecule has 1 N–H and O–H groups in total. The van der Waals surface area contributed by atoms with E-state index in [9.17, 15) is 4.79 Å². The molecule has 0 unspecified atom stereocenters. The van der Waals surface area contributed by atoms with Crippen LogP contribution in [0.5, 0.6) is 0 Å². The van der Waals surface area contributed by atoms with Crippen molar-refractivity contribution < 1.29 is 4.79 Å². The Labute approximate surface area is 106 Å². The molecular weight excluding hydrogens is 266 g/mol. The van der Waals surface area contributed by atoms with Gasteiger partial charge in [-0.2, -0.15) is 0 Å². The van der Waals surface area contributed by atoms with E-state index in [1.807, 2.05) is 24.3 Å². The molecule has 0 fully saturated rings. The maximum Gasteiger partial charge on any atom is 0.251 e. The minimum Gasteiger partial charge on any atom is -0.352 e. The Balaban J connectivity index is 2.52. The van der Waals surface area contributed by atoms with Crippen molar-refractivity contribution in [3.63, 3.8) is 0 Å². The van der Waals surface area contributed by atoms with Crippen molar-refractivity contribution in [2.45, 2.75) is 26.7 Å². The summed E-state index contributed by atoms with van der Waals surface area (Å²) in [4.78, 5) is 11.8. The van der Waals surface area contributed by atoms with Crippen LogP contribution in [0, 0.1) is 5.92 Å². The quantitative estimate of drug-likeness (QED) is 0.879. The van der Waals surface area contributed by atoms with Crippen molar-refractivity contribution in [3.05, 3.63) is 34.3 Å². The van der Waals surface area contributed by atoms with Crippen LogP contribution in [-0.2, 0) is 0 Å². The Bertz CT molecular complexity index is 348. The number of rotatable bonds is 5. The van der Waals surface area contributed by atoms with Gasteiger partial charge in [0.15, 0.2) is 0 Å². The molecule has 0 saturated heterocycles. The van der Waals surface area contributed by atoms with Crippen LogP contribution >= 0.6 is 15.9 Å². The predicted octanol–water partition coefficient (Wildman–Crippen LogP) is 3.62. The Kier molecular flexibility index (Phi) is 5.53. The summed E-state index contributed by atoms with van der Waals surface area (Å²) >= 11 is 3.36. The predicted molar refractivity (Wildman–Crippen MR) is 70.5 cm³/mol. The number of nitrogens with one attached hydrogen (secondary N) is 1. The van der Waals surface area contributed by atoms with Gasteiger partial charge in [-0.3, -0.25) is 4.79 Å². The van der Waals surface area contributed by atoms with Gasteiger partial charge in [-0.15, -0.1) is 0 Å². The summed E-state index contributed by atoms with van der Waals surface area (Å²) in [7, 11) is 0. The third kappa shape index (κ3) is 3.97. The van der Waals surface area contributed by atoms with Crippen LogP contribution in [0.1, 0.15) is 37.0 Å². The summed E-state index contributed by atoms with van der Waals surface area (Å²) in [5.41, 5.74) is 0.709. The van der Waals surface area contributed by atoms with Crippen molar-refractivity contribution in [1.82, 2.24) is 5.32 Å². The van der Waals surface area contributed by atoms with E-state index in [4.69, 9.17) is 0 Å². The first-order chi connectivity index (χ1) is 7.67. The maximum atomic E-state index is 11.8. The number of amides is 1. The number of hydrogen-bond donors (Lipinski definition) is 1. The van der Waals surface area contributed by atoms with E-state index >= 15 is 0 Å². The van der Waals surface area contributed by atoms with Gasteiger partial charge < -0.3 is 5.32 Å². The molecule has 1 rings (SSSR count). The standard InChI is InChI=1S/C13H18BrNO/c1-3-10(4-2)9-15-13(16)11-6-5-7-12(14)8-11/h5-8,10H,3-4,9H2,1-2H3,(H,15,16). The largest absolute Gasteiger partial charge is 0.352 e. The van der Waals surface area contributed by atoms with Gasteiger partial charge in [-0.25, -0.2) is 0 Å². The smallest absolute Gasteiger partial charge is 0.251 e. The van der Waals surface area contributed by atoms with Gasteiger partial charge in [0.25, 0.3) is 5.91 Å². The van der Waals surface area contributed by atoms with Crippen LogP contribution in [-0.4, -0.2) is 12.5 Å². The van der Waals surface area contributed by atoms with E-state index in [0.29, 0.717) is 11.5 Å². The lowest BCUT2D eigenvalue weighted by Crippen LogP contribution is -2.28. The van der Waals surface area contributed by atoms with Crippen LogP contribution in [0.15, 0.2) is 28.7 Å². The van der Waals surface area contributed by atoms with Gasteiger partial charge in [-0.1, -0.05) is 48.7 Å². The summed E-state index contributed by atoms with van der Waals surface area (Å²) in [6.45, 7) is 5.07. The Morgan fingerprint density at radius 3 is 2.62 bits per heavy atom. The normalized spacial score (nSPS) is 10.5. The first-order valence-corrected chi connectivity index (χ1v) is 6.50. The molecule has 0 heterocycles. The molecule has 0 atom stereocenters. The van der Waals surface area contributed by atoms with Crippen molar-refractivity contribution in [2.24, 2.45) is 5.92 Å². The fourth-order valence-electron chi connectivity index (χ4n) is 1.55. The molecule has 1 amide bonds. The van der Waals surface area contributed by atoms with Crippen LogP contribution < -0.4 is 5.32 Å². The molecule has 0 aromatic heterocycles. The van der Waals surface area contributed by atoms with Crippen LogP contribution in [0.25, 0.3) is 0 Å². The molecular formula is C13H18BrNO. The monoisotopic (exact) mass is 283 g/mol. The zero-order chi connectivity index (χ0) is 12.0. The van der Waals surface area contributed by atoms with Gasteiger partial charge in [0, 0.05) is 16.6 Å². The Morgan fingerprint density at radius 2 is 2.06 bits per heavy atom. The number of carbonyl (C=O) groups excluding carboxylic acids is 1. The Morgan fingerprint density at radius 1 is 1.38 bits per heavy atom. The third-order valence-electron chi connectivity index (χ3n) is 2.79. The summed E-state index contributed by atoms with van der Waals surface area (Å²) in [6, 6.07) is 7.45. The zero-order valence-corrected chi connectivity index (χ0v) is 11.4. The van der Waals surface area contributed by atoms with Crippen molar-refractivity contribution in [3.8, 4) is 0 Å². The van der Waals surface area contributed by atoms with Crippen molar-refractivity contribution >= 4 is 21.8 Å². The maximum absolute atomic E-state index is 11.8. The van der Waals surface area contributed by atoms with Gasteiger partial charge in [-0.05, 0) is 24.1 Å². The van der Waals surface area contributed by atoms with Gasteiger partial charge in [0.1, 0.15) is 0 Å². The molecule has 0 spiro atoms. The molecule has 1 aromatic carbocycles. The molecule has 0 saturated carbocycles. The summed E-state index contributed by atoms with van der Waals surface area (Å²) in [5, 5.41) is 2.97. The molecule has 1 aromatic rings. The van der Waals surface area contributed by atoms with E-state index in [0.717, 1.165) is 23.9 Å². The number of benzene rings is 1. The third-order valence-corrected chi connectivity index (χ3v) is 3.29. The van der Waals surface area contributed by atoms with Crippen LogP contribution in [0.2, 0.25) is 0 Å². The summed E-state index contributed by atoms with van der Waals surface area (Å²) in [6.07, 6.45) is 2.21. The zero-order valence-electron chi connectivity index (χ0n) is 9.79. The molecule has 16 heavy (non-hydrogen) atoms. The minimum absolute atomic E-state index is 0.00759. The first kappa shape index (κ1) is 13.2. The Hall–Kier alpha value is -0.830. The van der Waals surface area contributed by atoms with Gasteiger partial charge in [0.2, 0.25) is 0 Å². The number of hydrogen-bond acceptors (Lipinski definition) is 1. The number of halogens is 1. The highest BCUT2D eigenvalue weighted by Gasteiger charge is 2.08. The fourth-order valence-corrected chi connectivity index (χ4v) is 1.95. The second kappa shape index (κ2) is 6.69. The fraction of sp³-hybridized carbons (Fsp3) is 0.462. The lowest BCUT2D eigenvalue weighted by molar-refractivity contribution is 0.0946. The highest BCUT2D eigenvalue weighted by Crippen LogP contribution is 2.12. The van der Waals surface area contributed by atoms with Crippen LogP contribution in [0.3, 0.4) is 0 Å². The van der Waals surface area contributed by atoms with E-state index in [1.54, 1.807) is 0 Å². The van der Waals surface area contributed by atoms with Gasteiger partial charge >= 0.3 is 0 Å². The van der Waals surface area contributed by atoms with E-state index in [1.165, 1.54) is 0 Å². The minimum atomic E-state index is 0.00759. The van der Waals surface area contributed by atoms with Gasteiger partial charge in [0.05, 0.1) is 0 Å². The molecule has 0 aliphatic heterocycles. The molecule has 88 valence electrons. The molecule has 3 heteroatoms. The van der Waals surface area contributed by atoms with E-state index in [-0.39, 0.29) is 5.91 Å². The lowest BCUT2D eigenvalue weighted by atomic mass is 10.0. The highest BCUT2D eigenvalue weighted by molar-refractivity contribution is 9.10. The lowest BCUT2D eigenvalue weighted by Gasteiger charge is -2.13. The second-order valence-electron chi connectivity index (χ2n) is 3.90. The van der Waals surface area contributed by atoms with E-state index in [2.05, 4.69) is 35.1 Å². The molecule has 0 aliphatic rings. The molecule has 0 bridgehead atoms. The average molecular weight is 284 g/mol. The topological polar surface area (TPSA) is 29.1 Å². The molecule has 2 nitrogen and oxygen atoms in total. The summed E-state index contributed by atoms with van der Waals surface area (Å²) < 4.78 is 0.933. The number of carbonyl (C=O) groups is 1. The van der Waals surface area contributed by atoms with Crippen molar-refractivity contribution in [2.75, 3.05) is 6.54 Å². The second-order valence-corrected chi connectivity index (χ2v) is 4.82.